The van der Waals surface area contributed by atoms with Crippen LogP contribution in [0.1, 0.15) is 38.6 Å². The van der Waals surface area contributed by atoms with E-state index in [4.69, 9.17) is 9.84 Å². The van der Waals surface area contributed by atoms with E-state index < -0.39 is 10.0 Å². The maximum absolute atomic E-state index is 12.4. The van der Waals surface area contributed by atoms with Crippen molar-refractivity contribution in [1.82, 2.24) is 34.1 Å². The lowest BCUT2D eigenvalue weighted by molar-refractivity contribution is -0.00277. The molecule has 1 atom stereocenters. The molecule has 0 amide bonds. The summed E-state index contributed by atoms with van der Waals surface area (Å²) in [5, 5.41) is 15.9. The summed E-state index contributed by atoms with van der Waals surface area (Å²) < 4.78 is 31.5. The number of anilines is 2. The Balaban J connectivity index is 1.36. The molecule has 4 aromatic heterocycles. The summed E-state index contributed by atoms with van der Waals surface area (Å²) in [6.45, 7) is 4.22. The predicted octanol–water partition coefficient (Wildman–Crippen LogP) is 2.40. The van der Waals surface area contributed by atoms with E-state index in [1.807, 2.05) is 19.9 Å². The predicted molar refractivity (Wildman–Crippen MR) is 128 cm³/mol. The quantitative estimate of drug-likeness (QED) is 0.296. The van der Waals surface area contributed by atoms with E-state index in [1.54, 1.807) is 18.5 Å². The van der Waals surface area contributed by atoms with Crippen molar-refractivity contribution in [2.75, 3.05) is 18.5 Å². The second kappa shape index (κ2) is 9.32. The van der Waals surface area contributed by atoms with E-state index in [1.165, 1.54) is 12.4 Å². The molecule has 1 saturated carbocycles. The first-order valence-electron chi connectivity index (χ1n) is 11.3. The summed E-state index contributed by atoms with van der Waals surface area (Å²) in [4.78, 5) is 21.0. The van der Waals surface area contributed by atoms with Gasteiger partial charge in [-0.15, -0.1) is 0 Å². The fourth-order valence-corrected chi connectivity index (χ4v) is 5.16. The van der Waals surface area contributed by atoms with E-state index in [-0.39, 0.29) is 30.5 Å². The summed E-state index contributed by atoms with van der Waals surface area (Å²) in [7, 11) is -3.45. The largest absolute Gasteiger partial charge is 0.394 e. The highest BCUT2D eigenvalue weighted by Crippen LogP contribution is 2.30. The van der Waals surface area contributed by atoms with Crippen molar-refractivity contribution in [3.05, 3.63) is 42.7 Å². The summed E-state index contributed by atoms with van der Waals surface area (Å²) in [5.74, 6) is 2.21. The first kappa shape index (κ1) is 23.3. The summed E-state index contributed by atoms with van der Waals surface area (Å²) in [5.41, 5.74) is 1.97. The van der Waals surface area contributed by atoms with Gasteiger partial charge in [-0.1, -0.05) is 13.8 Å². The van der Waals surface area contributed by atoms with Gasteiger partial charge in [0.1, 0.15) is 29.1 Å². The molecule has 3 N–H and O–H groups in total. The molecule has 13 heteroatoms. The van der Waals surface area contributed by atoms with Gasteiger partial charge in [0.05, 0.1) is 48.1 Å². The van der Waals surface area contributed by atoms with E-state index in [0.717, 1.165) is 9.60 Å². The number of imidazole rings is 1. The lowest BCUT2D eigenvalue weighted by Gasteiger charge is -2.18. The molecule has 1 aliphatic carbocycles. The second-order valence-electron chi connectivity index (χ2n) is 8.70. The van der Waals surface area contributed by atoms with Crippen LogP contribution in [0.15, 0.2) is 36.9 Å². The maximum atomic E-state index is 12.4. The molecule has 4 heterocycles. The normalized spacial score (nSPS) is 15.1. The number of fused-ring (bicyclic) bond motifs is 1. The van der Waals surface area contributed by atoms with Crippen LogP contribution in [-0.2, 0) is 14.8 Å². The SMILES string of the molecule is CC(C)C(OCCO)c1nc2cnc(Nc3ccnc(-c4cnn(S(=O)(=O)C5CC5)c4)n3)cc2[nH]1. The molecule has 0 spiro atoms. The Morgan fingerprint density at radius 2 is 2.06 bits per heavy atom. The number of rotatable bonds is 10. The van der Waals surface area contributed by atoms with Crippen molar-refractivity contribution in [3.8, 4) is 11.4 Å². The molecule has 0 aliphatic heterocycles. The van der Waals surface area contributed by atoms with Crippen molar-refractivity contribution < 1.29 is 18.3 Å². The van der Waals surface area contributed by atoms with Gasteiger partial charge in [-0.3, -0.25) is 0 Å². The number of nitrogens with zero attached hydrogens (tertiary/aromatic N) is 6. The van der Waals surface area contributed by atoms with Crippen molar-refractivity contribution in [2.45, 2.75) is 38.0 Å². The van der Waals surface area contributed by atoms with Crippen molar-refractivity contribution in [2.24, 2.45) is 5.92 Å². The number of aliphatic hydroxyl groups is 1. The minimum Gasteiger partial charge on any atom is -0.394 e. The third kappa shape index (κ3) is 4.88. The lowest BCUT2D eigenvalue weighted by Crippen LogP contribution is -2.17. The molecule has 12 nitrogen and oxygen atoms in total. The number of hydrogen-bond donors (Lipinski definition) is 3. The highest BCUT2D eigenvalue weighted by Gasteiger charge is 2.37. The van der Waals surface area contributed by atoms with Gasteiger partial charge in [0, 0.05) is 12.3 Å². The third-order valence-corrected chi connectivity index (χ3v) is 7.62. The average Bonchev–Trinajstić information content (AvgIpc) is 3.43. The third-order valence-electron chi connectivity index (χ3n) is 5.59. The maximum Gasteiger partial charge on any atom is 0.256 e. The Bertz CT molecular complexity index is 1440. The summed E-state index contributed by atoms with van der Waals surface area (Å²) in [6.07, 6.45) is 7.16. The summed E-state index contributed by atoms with van der Waals surface area (Å²) >= 11 is 0. The van der Waals surface area contributed by atoms with E-state index in [0.29, 0.717) is 47.2 Å². The molecule has 0 bridgehead atoms. The molecule has 5 rings (SSSR count). The van der Waals surface area contributed by atoms with E-state index in [2.05, 4.69) is 35.3 Å². The Hall–Kier alpha value is -3.42. The number of pyridine rings is 1. The van der Waals surface area contributed by atoms with Crippen molar-refractivity contribution in [1.29, 1.82) is 0 Å². The van der Waals surface area contributed by atoms with Gasteiger partial charge in [-0.2, -0.15) is 9.19 Å². The molecule has 4 aromatic rings. The number of H-pyrrole nitrogens is 1. The van der Waals surface area contributed by atoms with Gasteiger partial charge < -0.3 is 20.1 Å². The molecular weight excluding hydrogens is 472 g/mol. The Kier molecular flexibility index (Phi) is 6.21. The zero-order valence-corrected chi connectivity index (χ0v) is 20.1. The number of ether oxygens (including phenoxy) is 1. The van der Waals surface area contributed by atoms with Gasteiger partial charge in [-0.25, -0.2) is 28.4 Å². The van der Waals surface area contributed by atoms with Crippen LogP contribution in [0.4, 0.5) is 11.6 Å². The van der Waals surface area contributed by atoms with E-state index >= 15 is 0 Å². The van der Waals surface area contributed by atoms with Crippen LogP contribution in [0.25, 0.3) is 22.4 Å². The average molecular weight is 499 g/mol. The topological polar surface area (TPSA) is 161 Å². The van der Waals surface area contributed by atoms with Crippen LogP contribution in [0.3, 0.4) is 0 Å². The Morgan fingerprint density at radius 1 is 1.23 bits per heavy atom. The molecule has 0 aromatic carbocycles. The fourth-order valence-electron chi connectivity index (χ4n) is 3.68. The zero-order chi connectivity index (χ0) is 24.6. The molecule has 1 aliphatic rings. The second-order valence-corrected chi connectivity index (χ2v) is 10.8. The first-order valence-corrected chi connectivity index (χ1v) is 12.8. The number of hydrogen-bond acceptors (Lipinski definition) is 10. The number of aliphatic hydroxyl groups excluding tert-OH is 1. The van der Waals surface area contributed by atoms with Crippen molar-refractivity contribution >= 4 is 32.7 Å². The highest BCUT2D eigenvalue weighted by atomic mass is 32.2. The molecule has 0 saturated heterocycles. The van der Waals surface area contributed by atoms with Gasteiger partial charge in [-0.05, 0) is 24.8 Å². The van der Waals surface area contributed by atoms with Crippen LogP contribution in [0, 0.1) is 5.92 Å². The minimum atomic E-state index is -3.45. The molecule has 1 fully saturated rings. The van der Waals surface area contributed by atoms with Gasteiger partial charge in [0.25, 0.3) is 10.0 Å². The lowest BCUT2D eigenvalue weighted by atomic mass is 10.1. The zero-order valence-electron chi connectivity index (χ0n) is 19.3. The molecule has 0 radical (unpaired) electrons. The van der Waals surface area contributed by atoms with Gasteiger partial charge in [0.2, 0.25) is 0 Å². The van der Waals surface area contributed by atoms with Crippen LogP contribution >= 0.6 is 0 Å². The number of aromatic nitrogens is 7. The van der Waals surface area contributed by atoms with Crippen LogP contribution in [0.2, 0.25) is 0 Å². The van der Waals surface area contributed by atoms with Crippen LogP contribution < -0.4 is 5.32 Å². The first-order chi connectivity index (χ1) is 16.8. The molecular formula is C22H26N8O4S. The Labute approximate surface area is 201 Å². The van der Waals surface area contributed by atoms with Crippen molar-refractivity contribution in [3.63, 3.8) is 0 Å². The minimum absolute atomic E-state index is 0.0584. The standard InChI is InChI=1S/C22H26N8O4S/c1-13(2)20(34-8-7-31)22-26-16-9-19(24-11-17(16)27-22)28-18-5-6-23-21(29-18)14-10-25-30(12-14)35(32,33)15-3-4-15/h5-6,9-13,15,20,31H,3-4,7-8H2,1-2H3,(H,26,27)(H,23,24,28,29). The molecule has 1 unspecified atom stereocenters. The van der Waals surface area contributed by atoms with Crippen LogP contribution in [-0.4, -0.2) is 66.1 Å². The van der Waals surface area contributed by atoms with Gasteiger partial charge in [0.15, 0.2) is 5.82 Å². The van der Waals surface area contributed by atoms with Crippen LogP contribution in [0.5, 0.6) is 0 Å². The highest BCUT2D eigenvalue weighted by molar-refractivity contribution is 7.90. The van der Waals surface area contributed by atoms with E-state index in [9.17, 15) is 8.42 Å². The smallest absolute Gasteiger partial charge is 0.256 e. The number of nitrogens with one attached hydrogen (secondary N) is 2. The number of aromatic amines is 1. The molecule has 184 valence electrons. The van der Waals surface area contributed by atoms with Gasteiger partial charge >= 0.3 is 0 Å². The monoisotopic (exact) mass is 498 g/mol. The fraction of sp³-hybridized carbons (Fsp3) is 0.409. The summed E-state index contributed by atoms with van der Waals surface area (Å²) in [6, 6.07) is 3.51. The molecule has 35 heavy (non-hydrogen) atoms. The Morgan fingerprint density at radius 3 is 2.80 bits per heavy atom.